The first-order chi connectivity index (χ1) is 8.67. The van der Waals surface area contributed by atoms with Crippen LogP contribution in [0, 0.1) is 0 Å². The van der Waals surface area contributed by atoms with E-state index in [1.807, 2.05) is 6.92 Å². The standard InChI is InChI=1S/C14H16O4/c1-2-9-18-14(17)8-5-11-3-6-12(7-4-11)13(16)10-15/h3-8,15H,2,9-10H2,1H3. The number of ether oxygens (including phenoxy) is 1. The average Bonchev–Trinajstić information content (AvgIpc) is 2.42. The van der Waals surface area contributed by atoms with E-state index in [-0.39, 0.29) is 11.8 Å². The number of benzene rings is 1. The fourth-order valence-electron chi connectivity index (χ4n) is 1.29. The number of hydrogen-bond donors (Lipinski definition) is 1. The maximum Gasteiger partial charge on any atom is 0.330 e. The molecule has 4 nitrogen and oxygen atoms in total. The summed E-state index contributed by atoms with van der Waals surface area (Å²) in [5.41, 5.74) is 1.24. The Morgan fingerprint density at radius 3 is 2.50 bits per heavy atom. The highest BCUT2D eigenvalue weighted by Gasteiger charge is 2.02. The maximum absolute atomic E-state index is 11.2. The lowest BCUT2D eigenvalue weighted by atomic mass is 10.1. The van der Waals surface area contributed by atoms with Crippen LogP contribution in [-0.2, 0) is 9.53 Å². The predicted octanol–water partition coefficient (Wildman–Crippen LogP) is 1.83. The lowest BCUT2D eigenvalue weighted by Gasteiger charge is -1.99. The summed E-state index contributed by atoms with van der Waals surface area (Å²) in [7, 11) is 0. The molecule has 0 fully saturated rings. The van der Waals surface area contributed by atoms with Crippen LogP contribution in [0.25, 0.3) is 6.08 Å². The van der Waals surface area contributed by atoms with Crippen molar-refractivity contribution in [2.45, 2.75) is 13.3 Å². The molecule has 0 atom stereocenters. The number of rotatable bonds is 6. The summed E-state index contributed by atoms with van der Waals surface area (Å²) in [6, 6.07) is 6.62. The minimum absolute atomic E-state index is 0.326. The second-order valence-electron chi connectivity index (χ2n) is 3.70. The lowest BCUT2D eigenvalue weighted by molar-refractivity contribution is -0.137. The summed E-state index contributed by atoms with van der Waals surface area (Å²) >= 11 is 0. The molecule has 0 aliphatic carbocycles. The third kappa shape index (κ3) is 4.51. The summed E-state index contributed by atoms with van der Waals surface area (Å²) in [6.45, 7) is 1.83. The largest absolute Gasteiger partial charge is 0.463 e. The molecule has 0 aliphatic rings. The van der Waals surface area contributed by atoms with Crippen LogP contribution >= 0.6 is 0 Å². The topological polar surface area (TPSA) is 63.6 Å². The van der Waals surface area contributed by atoms with Crippen molar-refractivity contribution in [3.05, 3.63) is 41.5 Å². The van der Waals surface area contributed by atoms with Crippen LogP contribution in [0.2, 0.25) is 0 Å². The third-order valence-corrected chi connectivity index (χ3v) is 2.24. The van der Waals surface area contributed by atoms with E-state index in [0.29, 0.717) is 12.2 Å². The zero-order chi connectivity index (χ0) is 13.4. The van der Waals surface area contributed by atoms with Gasteiger partial charge in [0.1, 0.15) is 6.61 Å². The molecule has 18 heavy (non-hydrogen) atoms. The number of carbonyl (C=O) groups excluding carboxylic acids is 2. The quantitative estimate of drug-likeness (QED) is 0.474. The Balaban J connectivity index is 2.60. The van der Waals surface area contributed by atoms with E-state index in [0.717, 1.165) is 12.0 Å². The van der Waals surface area contributed by atoms with Gasteiger partial charge in [0.25, 0.3) is 0 Å². The van der Waals surface area contributed by atoms with Crippen LogP contribution in [0.1, 0.15) is 29.3 Å². The van der Waals surface area contributed by atoms with Crippen molar-refractivity contribution in [3.63, 3.8) is 0 Å². The van der Waals surface area contributed by atoms with Crippen LogP contribution in [-0.4, -0.2) is 30.1 Å². The van der Waals surface area contributed by atoms with Gasteiger partial charge in [0.05, 0.1) is 6.61 Å². The zero-order valence-corrected chi connectivity index (χ0v) is 10.3. The summed E-state index contributed by atoms with van der Waals surface area (Å²) in [6.07, 6.45) is 3.75. The molecule has 0 radical (unpaired) electrons. The van der Waals surface area contributed by atoms with Gasteiger partial charge in [-0.15, -0.1) is 0 Å². The monoisotopic (exact) mass is 248 g/mol. The zero-order valence-electron chi connectivity index (χ0n) is 10.3. The molecule has 1 rings (SSSR count). The van der Waals surface area contributed by atoms with Crippen molar-refractivity contribution in [2.24, 2.45) is 0 Å². The van der Waals surface area contributed by atoms with Gasteiger partial charge < -0.3 is 9.84 Å². The van der Waals surface area contributed by atoms with Crippen molar-refractivity contribution in [1.29, 1.82) is 0 Å². The van der Waals surface area contributed by atoms with Crippen molar-refractivity contribution in [1.82, 2.24) is 0 Å². The predicted molar refractivity (Wildman–Crippen MR) is 68.1 cm³/mol. The second-order valence-corrected chi connectivity index (χ2v) is 3.70. The first-order valence-electron chi connectivity index (χ1n) is 5.76. The first kappa shape index (κ1) is 14.1. The van der Waals surface area contributed by atoms with Gasteiger partial charge in [0.15, 0.2) is 5.78 Å². The van der Waals surface area contributed by atoms with E-state index in [1.54, 1.807) is 30.3 Å². The highest BCUT2D eigenvalue weighted by molar-refractivity contribution is 5.97. The van der Waals surface area contributed by atoms with Crippen LogP contribution in [0.3, 0.4) is 0 Å². The SMILES string of the molecule is CCCOC(=O)C=Cc1ccc(C(=O)CO)cc1. The Morgan fingerprint density at radius 1 is 1.28 bits per heavy atom. The van der Waals surface area contributed by atoms with E-state index in [4.69, 9.17) is 9.84 Å². The number of hydrogen-bond acceptors (Lipinski definition) is 4. The summed E-state index contributed by atoms with van der Waals surface area (Å²) < 4.78 is 4.88. The normalized spacial score (nSPS) is 10.6. The van der Waals surface area contributed by atoms with Gasteiger partial charge in [-0.3, -0.25) is 4.79 Å². The minimum Gasteiger partial charge on any atom is -0.463 e. The van der Waals surface area contributed by atoms with E-state index >= 15 is 0 Å². The molecule has 0 aliphatic heterocycles. The van der Waals surface area contributed by atoms with E-state index < -0.39 is 6.61 Å². The Labute approximate surface area is 106 Å². The summed E-state index contributed by atoms with van der Waals surface area (Å²) in [4.78, 5) is 22.4. The van der Waals surface area contributed by atoms with Crippen LogP contribution < -0.4 is 0 Å². The number of esters is 1. The van der Waals surface area contributed by atoms with Crippen molar-refractivity contribution in [3.8, 4) is 0 Å². The smallest absolute Gasteiger partial charge is 0.330 e. The van der Waals surface area contributed by atoms with E-state index in [9.17, 15) is 9.59 Å². The van der Waals surface area contributed by atoms with Gasteiger partial charge in [-0.1, -0.05) is 31.2 Å². The maximum atomic E-state index is 11.2. The van der Waals surface area contributed by atoms with Crippen molar-refractivity contribution in [2.75, 3.05) is 13.2 Å². The number of ketones is 1. The van der Waals surface area contributed by atoms with Crippen LogP contribution in [0.15, 0.2) is 30.3 Å². The molecule has 0 unspecified atom stereocenters. The number of Topliss-reactive ketones (excluding diaryl/α,β-unsaturated/α-hetero) is 1. The third-order valence-electron chi connectivity index (χ3n) is 2.24. The Hall–Kier alpha value is -1.94. The summed E-state index contributed by atoms with van der Waals surface area (Å²) in [5.74, 6) is -0.708. The second kappa shape index (κ2) is 7.40. The molecular weight excluding hydrogens is 232 g/mol. The molecule has 96 valence electrons. The van der Waals surface area contributed by atoms with Gasteiger partial charge in [0, 0.05) is 11.6 Å². The van der Waals surface area contributed by atoms with Crippen molar-refractivity contribution < 1.29 is 19.4 Å². The molecule has 0 aromatic heterocycles. The Morgan fingerprint density at radius 2 is 1.94 bits per heavy atom. The van der Waals surface area contributed by atoms with Crippen LogP contribution in [0.5, 0.6) is 0 Å². The minimum atomic E-state index is -0.501. The average molecular weight is 248 g/mol. The number of carbonyl (C=O) groups is 2. The highest BCUT2D eigenvalue weighted by Crippen LogP contribution is 2.07. The van der Waals surface area contributed by atoms with E-state index in [1.165, 1.54) is 6.08 Å². The molecule has 1 N–H and O–H groups in total. The molecule has 1 aromatic carbocycles. The molecule has 0 saturated heterocycles. The molecule has 4 heteroatoms. The Kier molecular flexibility index (Phi) is 5.80. The van der Waals surface area contributed by atoms with Gasteiger partial charge >= 0.3 is 5.97 Å². The first-order valence-corrected chi connectivity index (χ1v) is 5.76. The fraction of sp³-hybridized carbons (Fsp3) is 0.286. The summed E-state index contributed by atoms with van der Waals surface area (Å²) in [5, 5.41) is 8.69. The van der Waals surface area contributed by atoms with Gasteiger partial charge in [0.2, 0.25) is 0 Å². The number of aliphatic hydroxyl groups is 1. The van der Waals surface area contributed by atoms with Gasteiger partial charge in [-0.05, 0) is 18.1 Å². The molecule has 1 aromatic rings. The fourth-order valence-corrected chi connectivity index (χ4v) is 1.29. The Bertz CT molecular complexity index is 432. The highest BCUT2D eigenvalue weighted by atomic mass is 16.5. The molecular formula is C14H16O4. The molecule has 0 saturated carbocycles. The van der Waals surface area contributed by atoms with Gasteiger partial charge in [-0.2, -0.15) is 0 Å². The van der Waals surface area contributed by atoms with Gasteiger partial charge in [-0.25, -0.2) is 4.79 Å². The molecule has 0 spiro atoms. The van der Waals surface area contributed by atoms with Crippen LogP contribution in [0.4, 0.5) is 0 Å². The number of aliphatic hydroxyl groups excluding tert-OH is 1. The lowest BCUT2D eigenvalue weighted by Crippen LogP contribution is -2.03. The molecule has 0 bridgehead atoms. The molecule has 0 amide bonds. The van der Waals surface area contributed by atoms with Crippen molar-refractivity contribution >= 4 is 17.8 Å². The molecule has 0 heterocycles. The van der Waals surface area contributed by atoms with E-state index in [2.05, 4.69) is 0 Å².